The number of rotatable bonds is 1. The highest BCUT2D eigenvalue weighted by molar-refractivity contribution is 5.80. The Bertz CT molecular complexity index is 464. The molecule has 1 aromatic carbocycles. The van der Waals surface area contributed by atoms with E-state index in [4.69, 9.17) is 15.3 Å². The molecule has 0 saturated heterocycles. The molecule has 1 atom stereocenters. The van der Waals surface area contributed by atoms with Crippen LogP contribution in [0.4, 0.5) is 0 Å². The third-order valence-corrected chi connectivity index (χ3v) is 2.24. The Kier molecular flexibility index (Phi) is 4.51. The van der Waals surface area contributed by atoms with Crippen molar-refractivity contribution < 1.29 is 25.2 Å². The zero-order chi connectivity index (χ0) is 13.6. The van der Waals surface area contributed by atoms with Crippen LogP contribution in [0.3, 0.4) is 0 Å². The van der Waals surface area contributed by atoms with Gasteiger partial charge in [-0.1, -0.05) is 24.3 Å². The first-order chi connectivity index (χ1) is 8.44. The van der Waals surface area contributed by atoms with Crippen molar-refractivity contribution in [2.75, 3.05) is 0 Å². The van der Waals surface area contributed by atoms with Gasteiger partial charge in [0.1, 0.15) is 5.75 Å². The molecule has 1 aliphatic carbocycles. The van der Waals surface area contributed by atoms with E-state index >= 15 is 0 Å². The summed E-state index contributed by atoms with van der Waals surface area (Å²) in [4.78, 5) is 10.4. The number of aliphatic carboxylic acids is 1. The Labute approximate surface area is 104 Å². The second kappa shape index (κ2) is 5.88. The number of hydrogen-bond donors (Lipinski definition) is 4. The number of allylic oxidation sites excluding steroid dienone is 2. The van der Waals surface area contributed by atoms with Gasteiger partial charge in [0.25, 0.3) is 0 Å². The molecule has 0 spiro atoms. The van der Waals surface area contributed by atoms with Gasteiger partial charge in [-0.2, -0.15) is 0 Å². The number of aliphatic hydroxyl groups excluding tert-OH is 1. The van der Waals surface area contributed by atoms with Crippen molar-refractivity contribution in [2.45, 2.75) is 12.0 Å². The number of carboxylic acid groups (broad SMARTS) is 1. The van der Waals surface area contributed by atoms with E-state index in [-0.39, 0.29) is 12.2 Å². The molecular weight excluding hydrogens is 236 g/mol. The van der Waals surface area contributed by atoms with Gasteiger partial charge in [0.15, 0.2) is 5.60 Å². The fraction of sp³-hybridized carbons (Fsp3) is 0.154. The van der Waals surface area contributed by atoms with Crippen LogP contribution in [0.15, 0.2) is 54.3 Å². The van der Waals surface area contributed by atoms with Gasteiger partial charge in [-0.15, -0.1) is 0 Å². The molecule has 0 radical (unpaired) electrons. The van der Waals surface area contributed by atoms with E-state index in [2.05, 4.69) is 0 Å². The van der Waals surface area contributed by atoms with Crippen LogP contribution in [0.25, 0.3) is 0 Å². The molecule has 5 heteroatoms. The zero-order valence-electron chi connectivity index (χ0n) is 9.52. The van der Waals surface area contributed by atoms with E-state index in [1.807, 2.05) is 6.07 Å². The maximum Gasteiger partial charge on any atom is 0.340 e. The molecule has 96 valence electrons. The molecule has 1 aliphatic rings. The number of hydrogen-bond acceptors (Lipinski definition) is 4. The van der Waals surface area contributed by atoms with Crippen LogP contribution in [-0.4, -0.2) is 32.0 Å². The molecule has 0 aliphatic heterocycles. The highest BCUT2D eigenvalue weighted by Gasteiger charge is 2.35. The third-order valence-electron chi connectivity index (χ3n) is 2.24. The van der Waals surface area contributed by atoms with Crippen LogP contribution in [0, 0.1) is 0 Å². The van der Waals surface area contributed by atoms with E-state index in [1.165, 1.54) is 12.2 Å². The first kappa shape index (κ1) is 13.8. The number of phenolic OH excluding ortho intramolecular Hbond substituents is 1. The van der Waals surface area contributed by atoms with Crippen LogP contribution < -0.4 is 0 Å². The molecule has 0 fully saturated rings. The second-order valence-corrected chi connectivity index (χ2v) is 3.76. The summed E-state index contributed by atoms with van der Waals surface area (Å²) in [5.41, 5.74) is -1.93. The monoisotopic (exact) mass is 250 g/mol. The van der Waals surface area contributed by atoms with E-state index in [0.717, 1.165) is 6.08 Å². The average Bonchev–Trinajstić information content (AvgIpc) is 2.30. The van der Waals surface area contributed by atoms with E-state index in [0.29, 0.717) is 5.75 Å². The van der Waals surface area contributed by atoms with Gasteiger partial charge >= 0.3 is 5.97 Å². The van der Waals surface area contributed by atoms with Crippen molar-refractivity contribution in [2.24, 2.45) is 0 Å². The lowest BCUT2D eigenvalue weighted by Crippen LogP contribution is -2.37. The predicted octanol–water partition coefficient (Wildman–Crippen LogP) is 1.60. The van der Waals surface area contributed by atoms with Gasteiger partial charge in [-0.25, -0.2) is 4.79 Å². The molecule has 1 aromatic rings. The van der Waals surface area contributed by atoms with Gasteiger partial charge in [0, 0.05) is 6.42 Å². The molecule has 2 rings (SSSR count). The van der Waals surface area contributed by atoms with Gasteiger partial charge in [0.2, 0.25) is 0 Å². The molecule has 1 unspecified atom stereocenters. The maximum absolute atomic E-state index is 10.4. The molecule has 0 saturated carbocycles. The Morgan fingerprint density at radius 3 is 2.11 bits per heavy atom. The van der Waals surface area contributed by atoms with Crippen molar-refractivity contribution in [1.29, 1.82) is 0 Å². The summed E-state index contributed by atoms with van der Waals surface area (Å²) in [6.07, 6.45) is 3.53. The molecule has 5 nitrogen and oxygen atoms in total. The van der Waals surface area contributed by atoms with Crippen molar-refractivity contribution >= 4 is 5.97 Å². The molecule has 0 aromatic heterocycles. The molecule has 0 bridgehead atoms. The van der Waals surface area contributed by atoms with Crippen LogP contribution in [-0.2, 0) is 4.79 Å². The maximum atomic E-state index is 10.4. The van der Waals surface area contributed by atoms with E-state index in [1.54, 1.807) is 24.3 Å². The van der Waals surface area contributed by atoms with Crippen molar-refractivity contribution in [3.05, 3.63) is 54.3 Å². The van der Waals surface area contributed by atoms with Crippen LogP contribution in [0.2, 0.25) is 0 Å². The first-order valence-corrected chi connectivity index (χ1v) is 5.21. The number of aromatic hydroxyl groups is 1. The summed E-state index contributed by atoms with van der Waals surface area (Å²) >= 11 is 0. The van der Waals surface area contributed by atoms with Crippen molar-refractivity contribution in [1.82, 2.24) is 0 Å². The molecular formula is C13H14O5. The standard InChI is InChI=1S/C7H8O4.C6H6O/c8-5-2-1-3-7(11,4-5)6(9)10;7-6-4-2-1-3-5-6/h1-3,8,11H,4H2,(H,9,10);1-5,7H. The number of benzene rings is 1. The number of para-hydroxylation sites is 1. The second-order valence-electron chi connectivity index (χ2n) is 3.76. The number of carbonyl (C=O) groups is 1. The quantitative estimate of drug-likeness (QED) is 0.607. The number of phenols is 1. The third kappa shape index (κ3) is 3.95. The summed E-state index contributed by atoms with van der Waals surface area (Å²) in [7, 11) is 0. The Morgan fingerprint density at radius 2 is 1.78 bits per heavy atom. The van der Waals surface area contributed by atoms with Gasteiger partial charge < -0.3 is 20.4 Å². The minimum absolute atomic E-state index is 0.127. The van der Waals surface area contributed by atoms with E-state index < -0.39 is 11.6 Å². The fourth-order valence-corrected chi connectivity index (χ4v) is 1.29. The predicted molar refractivity (Wildman–Crippen MR) is 65.2 cm³/mol. The lowest BCUT2D eigenvalue weighted by atomic mass is 9.94. The summed E-state index contributed by atoms with van der Waals surface area (Å²) in [5.74, 6) is -1.16. The molecule has 18 heavy (non-hydrogen) atoms. The normalized spacial score (nSPS) is 21.5. The summed E-state index contributed by atoms with van der Waals surface area (Å²) < 4.78 is 0. The molecule has 4 N–H and O–H groups in total. The molecule has 0 heterocycles. The van der Waals surface area contributed by atoms with Gasteiger partial charge in [0.05, 0.1) is 5.76 Å². The Morgan fingerprint density at radius 1 is 1.17 bits per heavy atom. The lowest BCUT2D eigenvalue weighted by Gasteiger charge is -2.20. The van der Waals surface area contributed by atoms with Gasteiger partial charge in [-0.05, 0) is 24.3 Å². The Hall–Kier alpha value is -2.27. The van der Waals surface area contributed by atoms with Crippen LogP contribution in [0.5, 0.6) is 5.75 Å². The van der Waals surface area contributed by atoms with Crippen LogP contribution >= 0.6 is 0 Å². The van der Waals surface area contributed by atoms with E-state index in [9.17, 15) is 9.90 Å². The van der Waals surface area contributed by atoms with Crippen LogP contribution in [0.1, 0.15) is 6.42 Å². The summed E-state index contributed by atoms with van der Waals surface area (Å²) in [5, 5.41) is 35.2. The SMILES string of the molecule is O=C(O)C1(O)C=CC=C(O)C1.Oc1ccccc1. The minimum atomic E-state index is -1.93. The minimum Gasteiger partial charge on any atom is -0.512 e. The van der Waals surface area contributed by atoms with Crippen molar-refractivity contribution in [3.8, 4) is 5.75 Å². The average molecular weight is 250 g/mol. The smallest absolute Gasteiger partial charge is 0.340 e. The first-order valence-electron chi connectivity index (χ1n) is 5.21. The molecule has 0 amide bonds. The zero-order valence-corrected chi connectivity index (χ0v) is 9.52. The van der Waals surface area contributed by atoms with Gasteiger partial charge in [-0.3, -0.25) is 0 Å². The number of aliphatic hydroxyl groups is 2. The highest BCUT2D eigenvalue weighted by atomic mass is 16.4. The Balaban J connectivity index is 0.000000199. The van der Waals surface area contributed by atoms with Crippen molar-refractivity contribution in [3.63, 3.8) is 0 Å². The summed E-state index contributed by atoms with van der Waals surface area (Å²) in [6.45, 7) is 0. The topological polar surface area (TPSA) is 98.0 Å². The highest BCUT2D eigenvalue weighted by Crippen LogP contribution is 2.21. The lowest BCUT2D eigenvalue weighted by molar-refractivity contribution is -0.153. The number of carboxylic acids is 1. The largest absolute Gasteiger partial charge is 0.512 e. The summed E-state index contributed by atoms with van der Waals surface area (Å²) in [6, 6.07) is 8.71. The fourth-order valence-electron chi connectivity index (χ4n) is 1.29.